The quantitative estimate of drug-likeness (QED) is 0.759. The summed E-state index contributed by atoms with van der Waals surface area (Å²) in [6, 6.07) is 3.84. The lowest BCUT2D eigenvalue weighted by molar-refractivity contribution is 0.414. The van der Waals surface area contributed by atoms with Crippen molar-refractivity contribution in [3.8, 4) is 5.75 Å². The maximum Gasteiger partial charge on any atom is 0.178 e. The van der Waals surface area contributed by atoms with Gasteiger partial charge in [-0.15, -0.1) is 0 Å². The molecule has 0 N–H and O–H groups in total. The smallest absolute Gasteiger partial charge is 0.178 e. The Labute approximate surface area is 100 Å². The van der Waals surface area contributed by atoms with Crippen molar-refractivity contribution < 1.29 is 4.74 Å². The van der Waals surface area contributed by atoms with E-state index in [0.717, 1.165) is 28.8 Å². The lowest BCUT2D eigenvalue weighted by Gasteiger charge is -2.04. The van der Waals surface area contributed by atoms with Crippen LogP contribution in [0.3, 0.4) is 0 Å². The van der Waals surface area contributed by atoms with Gasteiger partial charge in [0.05, 0.1) is 13.3 Å². The van der Waals surface area contributed by atoms with E-state index in [1.54, 1.807) is 19.5 Å². The minimum atomic E-state index is 0.671. The van der Waals surface area contributed by atoms with E-state index in [2.05, 4.69) is 21.9 Å². The highest BCUT2D eigenvalue weighted by molar-refractivity contribution is 5.92. The molecule has 0 saturated carbocycles. The summed E-state index contributed by atoms with van der Waals surface area (Å²) in [5.74, 6) is 1.41. The molecule has 0 bridgehead atoms. The molecule has 0 unspecified atom stereocenters. The van der Waals surface area contributed by atoms with Gasteiger partial charge in [-0.25, -0.2) is 15.0 Å². The second-order valence-corrected chi connectivity index (χ2v) is 3.78. The molecule has 0 aliphatic carbocycles. The Morgan fingerprint density at radius 3 is 2.94 bits per heavy atom. The van der Waals surface area contributed by atoms with Crippen LogP contribution in [-0.4, -0.2) is 22.8 Å². The molecule has 0 aliphatic rings. The molecule has 0 fully saturated rings. The zero-order valence-corrected chi connectivity index (χ0v) is 10.3. The molecule has 2 aromatic rings. The molecule has 17 heavy (non-hydrogen) atoms. The van der Waals surface area contributed by atoms with Crippen molar-refractivity contribution in [3.63, 3.8) is 0 Å². The molecular formula is C13H15N3O. The minimum absolute atomic E-state index is 0.671. The summed E-state index contributed by atoms with van der Waals surface area (Å²) in [5.41, 5.74) is 1.85. The van der Waals surface area contributed by atoms with Crippen LogP contribution in [0.5, 0.6) is 5.75 Å². The van der Waals surface area contributed by atoms with Gasteiger partial charge in [0, 0.05) is 17.3 Å². The van der Waals surface area contributed by atoms with Gasteiger partial charge in [-0.2, -0.15) is 0 Å². The van der Waals surface area contributed by atoms with E-state index in [4.69, 9.17) is 4.74 Å². The first-order valence-electron chi connectivity index (χ1n) is 5.57. The van der Waals surface area contributed by atoms with E-state index in [1.807, 2.05) is 19.1 Å². The number of rotatable bonds is 3. The van der Waals surface area contributed by atoms with Crippen LogP contribution in [0, 0.1) is 0 Å². The summed E-state index contributed by atoms with van der Waals surface area (Å²) in [7, 11) is 1.63. The zero-order valence-electron chi connectivity index (χ0n) is 10.3. The van der Waals surface area contributed by atoms with Crippen molar-refractivity contribution in [2.45, 2.75) is 20.3 Å². The standard InChI is InChI=1S/C13H15N3O/c1-4-9(2)16-13-12-10(5-6-14-13)7-11(17-3)8-15-12/h5-8H,4H2,1-3H3. The van der Waals surface area contributed by atoms with Gasteiger partial charge in [-0.05, 0) is 25.5 Å². The second kappa shape index (κ2) is 4.91. The van der Waals surface area contributed by atoms with Gasteiger partial charge in [0.1, 0.15) is 11.3 Å². The van der Waals surface area contributed by atoms with Crippen molar-refractivity contribution in [1.29, 1.82) is 0 Å². The van der Waals surface area contributed by atoms with Gasteiger partial charge in [0.2, 0.25) is 0 Å². The Hall–Kier alpha value is -1.97. The fourth-order valence-corrected chi connectivity index (χ4v) is 1.48. The molecule has 0 radical (unpaired) electrons. The molecule has 2 aromatic heterocycles. The lowest BCUT2D eigenvalue weighted by atomic mass is 10.2. The normalized spacial score (nSPS) is 11.8. The van der Waals surface area contributed by atoms with Crippen LogP contribution in [-0.2, 0) is 0 Å². The Bertz CT molecular complexity index is 564. The van der Waals surface area contributed by atoms with E-state index < -0.39 is 0 Å². The largest absolute Gasteiger partial charge is 0.495 e. The number of nitrogens with zero attached hydrogens (tertiary/aromatic N) is 3. The van der Waals surface area contributed by atoms with E-state index in [1.165, 1.54) is 0 Å². The molecule has 0 aromatic carbocycles. The Morgan fingerprint density at radius 2 is 2.24 bits per heavy atom. The van der Waals surface area contributed by atoms with E-state index in [9.17, 15) is 0 Å². The Kier molecular flexibility index (Phi) is 3.32. The van der Waals surface area contributed by atoms with Crippen LogP contribution in [0.15, 0.2) is 29.5 Å². The SMILES string of the molecule is CCC(C)=Nc1nccc2cc(OC)cnc12. The highest BCUT2D eigenvalue weighted by Crippen LogP contribution is 2.24. The van der Waals surface area contributed by atoms with Crippen LogP contribution >= 0.6 is 0 Å². The van der Waals surface area contributed by atoms with Crippen molar-refractivity contribution in [2.24, 2.45) is 4.99 Å². The first kappa shape index (κ1) is 11.5. The molecule has 0 saturated heterocycles. The molecule has 4 nitrogen and oxygen atoms in total. The van der Waals surface area contributed by atoms with Crippen LogP contribution < -0.4 is 4.74 Å². The maximum absolute atomic E-state index is 5.15. The average Bonchev–Trinajstić information content (AvgIpc) is 2.38. The van der Waals surface area contributed by atoms with Gasteiger partial charge in [0.15, 0.2) is 5.82 Å². The molecule has 0 atom stereocenters. The number of pyridine rings is 2. The predicted octanol–water partition coefficient (Wildman–Crippen LogP) is 3.14. The monoisotopic (exact) mass is 229 g/mol. The number of methoxy groups -OCH3 is 1. The van der Waals surface area contributed by atoms with Crippen LogP contribution in [0.25, 0.3) is 10.9 Å². The molecule has 88 valence electrons. The van der Waals surface area contributed by atoms with Crippen LogP contribution in [0.2, 0.25) is 0 Å². The fourth-order valence-electron chi connectivity index (χ4n) is 1.48. The summed E-state index contributed by atoms with van der Waals surface area (Å²) in [6.45, 7) is 4.06. The zero-order chi connectivity index (χ0) is 12.3. The van der Waals surface area contributed by atoms with Gasteiger partial charge < -0.3 is 4.74 Å². The number of aromatic nitrogens is 2. The summed E-state index contributed by atoms with van der Waals surface area (Å²) in [4.78, 5) is 13.1. The van der Waals surface area contributed by atoms with Crippen molar-refractivity contribution in [3.05, 3.63) is 24.5 Å². The first-order chi connectivity index (χ1) is 8.24. The van der Waals surface area contributed by atoms with Gasteiger partial charge in [0.25, 0.3) is 0 Å². The van der Waals surface area contributed by atoms with Crippen molar-refractivity contribution >= 4 is 22.4 Å². The molecule has 0 spiro atoms. The lowest BCUT2D eigenvalue weighted by Crippen LogP contribution is -1.90. The first-order valence-corrected chi connectivity index (χ1v) is 5.57. The molecule has 0 aliphatic heterocycles. The number of aliphatic imine (C=N–C) groups is 1. The minimum Gasteiger partial charge on any atom is -0.495 e. The van der Waals surface area contributed by atoms with E-state index in [-0.39, 0.29) is 0 Å². The summed E-state index contributed by atoms with van der Waals surface area (Å²) in [6.07, 6.45) is 4.34. The summed E-state index contributed by atoms with van der Waals surface area (Å²) < 4.78 is 5.15. The number of ether oxygens (including phenoxy) is 1. The number of hydrogen-bond donors (Lipinski definition) is 0. The van der Waals surface area contributed by atoms with E-state index >= 15 is 0 Å². The van der Waals surface area contributed by atoms with Crippen LogP contribution in [0.4, 0.5) is 5.82 Å². The molecule has 2 heterocycles. The Morgan fingerprint density at radius 1 is 1.41 bits per heavy atom. The van der Waals surface area contributed by atoms with E-state index in [0.29, 0.717) is 5.82 Å². The van der Waals surface area contributed by atoms with Gasteiger partial charge in [-0.3, -0.25) is 0 Å². The van der Waals surface area contributed by atoms with Gasteiger partial charge >= 0.3 is 0 Å². The van der Waals surface area contributed by atoms with Gasteiger partial charge in [-0.1, -0.05) is 6.92 Å². The molecule has 0 amide bonds. The second-order valence-electron chi connectivity index (χ2n) is 3.78. The molecule has 2 rings (SSSR count). The number of hydrogen-bond acceptors (Lipinski definition) is 4. The highest BCUT2D eigenvalue weighted by Gasteiger charge is 2.04. The van der Waals surface area contributed by atoms with Crippen LogP contribution in [0.1, 0.15) is 20.3 Å². The Balaban J connectivity index is 2.58. The van der Waals surface area contributed by atoms with Crippen molar-refractivity contribution in [2.75, 3.05) is 7.11 Å². The summed E-state index contributed by atoms with van der Waals surface area (Å²) >= 11 is 0. The summed E-state index contributed by atoms with van der Waals surface area (Å²) in [5, 5.41) is 0.988. The third kappa shape index (κ3) is 2.41. The fraction of sp³-hybridized carbons (Fsp3) is 0.308. The maximum atomic E-state index is 5.15. The van der Waals surface area contributed by atoms with Crippen molar-refractivity contribution in [1.82, 2.24) is 9.97 Å². The third-order valence-corrected chi connectivity index (χ3v) is 2.60. The molecular weight excluding hydrogens is 214 g/mol. The predicted molar refractivity (Wildman–Crippen MR) is 69.2 cm³/mol. The average molecular weight is 229 g/mol. The third-order valence-electron chi connectivity index (χ3n) is 2.60. The number of fused-ring (bicyclic) bond motifs is 1. The molecule has 4 heteroatoms. The highest BCUT2D eigenvalue weighted by atomic mass is 16.5. The topological polar surface area (TPSA) is 47.4 Å².